The van der Waals surface area contributed by atoms with Crippen LogP contribution in [0.4, 0.5) is 10.1 Å². The van der Waals surface area contributed by atoms with Gasteiger partial charge in [-0.3, -0.25) is 4.90 Å². The molecule has 6 nitrogen and oxygen atoms in total. The van der Waals surface area contributed by atoms with Gasteiger partial charge in [-0.05, 0) is 101 Å². The maximum absolute atomic E-state index is 16.3. The molecule has 4 aromatic rings. The van der Waals surface area contributed by atoms with Gasteiger partial charge in [0, 0.05) is 36.1 Å². The maximum Gasteiger partial charge on any atom is 0.188 e. The summed E-state index contributed by atoms with van der Waals surface area (Å²) in [4.78, 5) is 13.9. The molecule has 6 rings (SSSR count). The fraction of sp³-hybridized carbons (Fsp3) is 0.353. The number of halogens is 3. The second-order valence-electron chi connectivity index (χ2n) is 11.4. The quantitative estimate of drug-likeness (QED) is 0.105. The predicted molar refractivity (Wildman–Crippen MR) is 179 cm³/mol. The van der Waals surface area contributed by atoms with Crippen LogP contribution in [-0.2, 0) is 38.0 Å². The van der Waals surface area contributed by atoms with Crippen LogP contribution >= 0.6 is 39.3 Å². The van der Waals surface area contributed by atoms with E-state index in [4.69, 9.17) is 26.1 Å². The molecule has 0 radical (unpaired) electrons. The lowest BCUT2D eigenvalue weighted by Crippen LogP contribution is -2.51. The molecule has 0 saturated carbocycles. The fourth-order valence-electron chi connectivity index (χ4n) is 6.65. The molecule has 0 saturated heterocycles. The molecule has 0 amide bonds. The number of anilines is 1. The first-order valence-corrected chi connectivity index (χ1v) is 17.0. The standard InChI is InChI=1S/C34H35BrClFN4O2S/c1-40-20-26-28(38-33(44-4)39-32(26)36)17-34(40)15-5-6-25-27(37)16-29(31(35)30(25)34)41(18-21-7-11-23(42-2)12-8-21)19-22-9-13-24(43-3)14-10-22/h7-14,16H,5-6,15,17-20H2,1-4H3. The van der Waals surface area contributed by atoms with Crippen molar-refractivity contribution in [2.45, 2.75) is 56.0 Å². The zero-order chi connectivity index (χ0) is 31.0. The van der Waals surface area contributed by atoms with Crippen molar-refractivity contribution < 1.29 is 13.9 Å². The Morgan fingerprint density at radius 2 is 1.61 bits per heavy atom. The summed E-state index contributed by atoms with van der Waals surface area (Å²) in [6, 6.07) is 17.8. The van der Waals surface area contributed by atoms with Crippen molar-refractivity contribution >= 4 is 45.0 Å². The van der Waals surface area contributed by atoms with E-state index in [-0.39, 0.29) is 5.82 Å². The summed E-state index contributed by atoms with van der Waals surface area (Å²) in [5, 5.41) is 1.16. The van der Waals surface area contributed by atoms with E-state index >= 15 is 4.39 Å². The first-order chi connectivity index (χ1) is 21.3. The largest absolute Gasteiger partial charge is 0.497 e. The van der Waals surface area contributed by atoms with Crippen LogP contribution in [0.1, 0.15) is 46.4 Å². The smallest absolute Gasteiger partial charge is 0.188 e. The van der Waals surface area contributed by atoms with Gasteiger partial charge in [0.15, 0.2) is 5.16 Å². The number of aromatic nitrogens is 2. The van der Waals surface area contributed by atoms with Crippen LogP contribution in [0.15, 0.2) is 64.2 Å². The molecule has 0 N–H and O–H groups in total. The van der Waals surface area contributed by atoms with E-state index in [0.717, 1.165) is 68.0 Å². The van der Waals surface area contributed by atoms with Crippen molar-refractivity contribution in [3.05, 3.63) is 104 Å². The molecule has 44 heavy (non-hydrogen) atoms. The molecule has 1 aromatic heterocycles. The van der Waals surface area contributed by atoms with Gasteiger partial charge in [-0.1, -0.05) is 47.6 Å². The minimum atomic E-state index is -0.435. The predicted octanol–water partition coefficient (Wildman–Crippen LogP) is 8.20. The van der Waals surface area contributed by atoms with Crippen molar-refractivity contribution in [2.24, 2.45) is 0 Å². The summed E-state index contributed by atoms with van der Waals surface area (Å²) >= 11 is 12.2. The highest BCUT2D eigenvalue weighted by Crippen LogP contribution is 2.52. The average molecular weight is 698 g/mol. The van der Waals surface area contributed by atoms with Gasteiger partial charge >= 0.3 is 0 Å². The first kappa shape index (κ1) is 31.1. The second kappa shape index (κ2) is 12.9. The number of methoxy groups -OCH3 is 2. The van der Waals surface area contributed by atoms with Crippen LogP contribution < -0.4 is 14.4 Å². The van der Waals surface area contributed by atoms with Crippen molar-refractivity contribution in [3.63, 3.8) is 0 Å². The van der Waals surface area contributed by atoms with Crippen LogP contribution in [-0.4, -0.2) is 42.4 Å². The van der Waals surface area contributed by atoms with Gasteiger partial charge in [-0.2, -0.15) is 0 Å². The summed E-state index contributed by atoms with van der Waals surface area (Å²) in [6.45, 7) is 1.76. The van der Waals surface area contributed by atoms with Gasteiger partial charge in [0.25, 0.3) is 0 Å². The molecule has 1 atom stereocenters. The van der Waals surface area contributed by atoms with Gasteiger partial charge in [-0.15, -0.1) is 0 Å². The zero-order valence-electron chi connectivity index (χ0n) is 25.3. The molecular weight excluding hydrogens is 663 g/mol. The van der Waals surface area contributed by atoms with Gasteiger partial charge in [0.1, 0.15) is 22.5 Å². The Morgan fingerprint density at radius 1 is 1.00 bits per heavy atom. The lowest BCUT2D eigenvalue weighted by Gasteiger charge is -2.50. The third-order valence-corrected chi connectivity index (χ3v) is 10.6. The van der Waals surface area contributed by atoms with Crippen LogP contribution in [0.25, 0.3) is 0 Å². The fourth-order valence-corrected chi connectivity index (χ4v) is 8.31. The van der Waals surface area contributed by atoms with E-state index in [1.165, 1.54) is 11.8 Å². The third kappa shape index (κ3) is 5.80. The van der Waals surface area contributed by atoms with Crippen LogP contribution in [0.5, 0.6) is 11.5 Å². The molecule has 1 unspecified atom stereocenters. The molecule has 1 aliphatic heterocycles. The van der Waals surface area contributed by atoms with Gasteiger partial charge in [0.2, 0.25) is 0 Å². The van der Waals surface area contributed by atoms with Crippen LogP contribution in [0.2, 0.25) is 5.15 Å². The summed E-state index contributed by atoms with van der Waals surface area (Å²) in [5.74, 6) is 1.43. The summed E-state index contributed by atoms with van der Waals surface area (Å²) in [7, 11) is 5.44. The lowest BCUT2D eigenvalue weighted by molar-refractivity contribution is 0.0710. The van der Waals surface area contributed by atoms with Gasteiger partial charge in [-0.25, -0.2) is 14.4 Å². The number of ether oxygens (including phenoxy) is 2. The Balaban J connectivity index is 1.47. The molecule has 1 spiro atoms. The number of rotatable bonds is 8. The molecule has 2 heterocycles. The summed E-state index contributed by atoms with van der Waals surface area (Å²) in [6.07, 6.45) is 5.08. The van der Waals surface area contributed by atoms with E-state index in [0.29, 0.717) is 42.8 Å². The number of nitrogens with zero attached hydrogens (tertiary/aromatic N) is 4. The van der Waals surface area contributed by atoms with Crippen molar-refractivity contribution in [3.8, 4) is 11.5 Å². The number of thioether (sulfide) groups is 1. The number of hydrogen-bond donors (Lipinski definition) is 0. The first-order valence-electron chi connectivity index (χ1n) is 14.6. The van der Waals surface area contributed by atoms with E-state index in [1.807, 2.05) is 30.5 Å². The van der Waals surface area contributed by atoms with E-state index < -0.39 is 5.54 Å². The minimum Gasteiger partial charge on any atom is -0.497 e. The Labute approximate surface area is 276 Å². The van der Waals surface area contributed by atoms with E-state index in [2.05, 4.69) is 62.0 Å². The minimum absolute atomic E-state index is 0.170. The Bertz CT molecular complexity index is 1620. The van der Waals surface area contributed by atoms with Crippen LogP contribution in [0.3, 0.4) is 0 Å². The SMILES string of the molecule is COc1ccc(CN(Cc2ccc(OC)cc2)c2cc(F)c3c(c2Br)C2(CCC3)Cc3nc(SC)nc(Cl)c3CN2C)cc1. The number of benzene rings is 3. The highest BCUT2D eigenvalue weighted by molar-refractivity contribution is 9.10. The van der Waals surface area contributed by atoms with E-state index in [1.54, 1.807) is 20.3 Å². The van der Waals surface area contributed by atoms with Gasteiger partial charge in [0.05, 0.1) is 31.1 Å². The zero-order valence-corrected chi connectivity index (χ0v) is 28.5. The summed E-state index contributed by atoms with van der Waals surface area (Å²) < 4.78 is 28.0. The maximum atomic E-state index is 16.3. The Morgan fingerprint density at radius 3 is 2.18 bits per heavy atom. The second-order valence-corrected chi connectivity index (χ2v) is 13.4. The van der Waals surface area contributed by atoms with Crippen molar-refractivity contribution in [1.29, 1.82) is 0 Å². The Kier molecular flexibility index (Phi) is 9.11. The number of fused-ring (bicyclic) bond motifs is 3. The molecule has 3 aromatic carbocycles. The summed E-state index contributed by atoms with van der Waals surface area (Å²) in [5.41, 5.74) is 6.28. The molecule has 230 valence electrons. The van der Waals surface area contributed by atoms with Gasteiger partial charge < -0.3 is 14.4 Å². The number of hydrogen-bond acceptors (Lipinski definition) is 7. The molecule has 1 aliphatic carbocycles. The van der Waals surface area contributed by atoms with E-state index in [9.17, 15) is 0 Å². The Hall–Kier alpha value is -2.85. The molecule has 2 aliphatic rings. The average Bonchev–Trinajstić information content (AvgIpc) is 3.04. The van der Waals surface area contributed by atoms with Crippen LogP contribution in [0, 0.1) is 5.82 Å². The molecule has 0 bridgehead atoms. The monoisotopic (exact) mass is 696 g/mol. The molecule has 0 fully saturated rings. The lowest BCUT2D eigenvalue weighted by atomic mass is 9.70. The molecule has 10 heteroatoms. The third-order valence-electron chi connectivity index (χ3n) is 8.98. The topological polar surface area (TPSA) is 50.7 Å². The highest BCUT2D eigenvalue weighted by atomic mass is 79.9. The van der Waals surface area contributed by atoms with Crippen molar-refractivity contribution in [1.82, 2.24) is 14.9 Å². The highest BCUT2D eigenvalue weighted by Gasteiger charge is 2.47. The normalized spacial score (nSPS) is 17.7. The number of likely N-dealkylation sites (N-methyl/N-ethyl adjacent to an activating group) is 1. The molecular formula is C34H35BrClFN4O2S. The van der Waals surface area contributed by atoms with Crippen molar-refractivity contribution in [2.75, 3.05) is 32.4 Å².